The van der Waals surface area contributed by atoms with E-state index in [2.05, 4.69) is 18.8 Å². The number of carbonyl (C=O) groups is 1. The topological polar surface area (TPSA) is 17.1 Å². The summed E-state index contributed by atoms with van der Waals surface area (Å²) in [5, 5.41) is 0.112. The van der Waals surface area contributed by atoms with Crippen molar-refractivity contribution >= 4 is 99.2 Å². The molecule has 9 heteroatoms. The molecule has 0 aromatic heterocycles. The number of hydrogen-bond donors (Lipinski definition) is 0. The van der Waals surface area contributed by atoms with Crippen molar-refractivity contribution in [1.29, 1.82) is 0 Å². The van der Waals surface area contributed by atoms with Gasteiger partial charge in [0.25, 0.3) is 0 Å². The zero-order valence-corrected chi connectivity index (χ0v) is 20.1. The van der Waals surface area contributed by atoms with Gasteiger partial charge in [0, 0.05) is 5.56 Å². The normalized spacial score (nSPS) is 17.9. The fraction of sp³-hybridized carbons (Fsp3) is 0.188. The van der Waals surface area contributed by atoms with E-state index >= 15 is 0 Å². The summed E-state index contributed by atoms with van der Waals surface area (Å²) >= 11 is 14.0. The van der Waals surface area contributed by atoms with Crippen LogP contribution in [-0.2, 0) is 0 Å². The Morgan fingerprint density at radius 1 is 0.720 bits per heavy atom. The quantitative estimate of drug-likeness (QED) is 0.415. The van der Waals surface area contributed by atoms with Crippen LogP contribution in [-0.4, -0.2) is 23.9 Å². The molecule has 0 radical (unpaired) electrons. The molecule has 0 N–H and O–H groups in total. The van der Waals surface area contributed by atoms with Gasteiger partial charge in [-0.3, -0.25) is 4.79 Å². The smallest absolute Gasteiger partial charge is 0.224 e. The van der Waals surface area contributed by atoms with Gasteiger partial charge in [0.05, 0.1) is 25.4 Å². The van der Waals surface area contributed by atoms with Crippen LogP contribution in [0.15, 0.2) is 55.8 Å². The fourth-order valence-electron chi connectivity index (χ4n) is 1.87. The summed E-state index contributed by atoms with van der Waals surface area (Å²) in [5.41, 5.74) is 0.757. The van der Waals surface area contributed by atoms with Gasteiger partial charge >= 0.3 is 0 Å². The van der Waals surface area contributed by atoms with Crippen LogP contribution in [0.4, 0.5) is 0 Å². The van der Waals surface area contributed by atoms with Crippen LogP contribution in [0.5, 0.6) is 0 Å². The Bertz CT molecular complexity index is 748. The molecule has 0 saturated heterocycles. The second kappa shape index (κ2) is 9.91. The van der Waals surface area contributed by atoms with Crippen molar-refractivity contribution in [2.75, 3.05) is 18.8 Å². The van der Waals surface area contributed by atoms with E-state index in [0.717, 1.165) is 9.80 Å². The lowest BCUT2D eigenvalue weighted by Gasteiger charge is -2.03. The van der Waals surface area contributed by atoms with Gasteiger partial charge in [-0.1, -0.05) is 77.4 Å². The molecule has 2 aliphatic heterocycles. The van der Waals surface area contributed by atoms with Crippen molar-refractivity contribution < 1.29 is 4.79 Å². The number of rotatable bonds is 5. The molecule has 3 rings (SSSR count). The molecule has 2 heterocycles. The van der Waals surface area contributed by atoms with E-state index in [9.17, 15) is 4.79 Å². The second-order valence-corrected chi connectivity index (χ2v) is 13.6. The third kappa shape index (κ3) is 5.04. The summed E-state index contributed by atoms with van der Waals surface area (Å²) < 4.78 is 7.75. The first-order chi connectivity index (χ1) is 12.2. The maximum absolute atomic E-state index is 12.5. The Labute approximate surface area is 182 Å². The Balaban J connectivity index is 1.74. The zero-order chi connectivity index (χ0) is 17.8. The highest BCUT2D eigenvalue weighted by Gasteiger charge is 2.30. The maximum Gasteiger partial charge on any atom is 0.224 e. The molecule has 25 heavy (non-hydrogen) atoms. The van der Waals surface area contributed by atoms with Gasteiger partial charge in [0.2, 0.25) is 5.12 Å². The highest BCUT2D eigenvalue weighted by Crippen LogP contribution is 2.65. The molecule has 0 fully saturated rings. The lowest BCUT2D eigenvalue weighted by molar-refractivity contribution is 0.108. The highest BCUT2D eigenvalue weighted by atomic mass is 32.3. The summed E-state index contributed by atoms with van der Waals surface area (Å²) in [4.78, 5) is 12.5. The lowest BCUT2D eigenvalue weighted by Crippen LogP contribution is -1.91. The van der Waals surface area contributed by atoms with Crippen molar-refractivity contribution in [2.45, 2.75) is 0 Å². The van der Waals surface area contributed by atoms with Gasteiger partial charge in [0.15, 0.2) is 0 Å². The molecule has 1 nitrogen and oxygen atoms in total. The zero-order valence-electron chi connectivity index (χ0n) is 13.6. The summed E-state index contributed by atoms with van der Waals surface area (Å²) in [6.45, 7) is 0. The highest BCUT2D eigenvalue weighted by molar-refractivity contribution is 8.46. The predicted octanol–water partition coefficient (Wildman–Crippen LogP) is 7.99. The van der Waals surface area contributed by atoms with E-state index in [4.69, 9.17) is 0 Å². The molecule has 132 valence electrons. The van der Waals surface area contributed by atoms with E-state index in [1.807, 2.05) is 77.4 Å². The summed E-state index contributed by atoms with van der Waals surface area (Å²) in [7, 11) is 0. The minimum atomic E-state index is 0.112. The van der Waals surface area contributed by atoms with E-state index < -0.39 is 0 Å². The van der Waals surface area contributed by atoms with Gasteiger partial charge < -0.3 is 0 Å². The standard InChI is InChI=1S/C16H14OS8/c1-18-11-12(19-2)23-15(22-11)16-24-13(20-3)14(25-16)21-10(17)9-7-5-4-6-8-9/h4-8H,1-3H3. The van der Waals surface area contributed by atoms with Crippen LogP contribution in [0.1, 0.15) is 10.4 Å². The molecule has 2 aliphatic rings. The minimum absolute atomic E-state index is 0.112. The molecule has 0 unspecified atom stereocenters. The van der Waals surface area contributed by atoms with Crippen molar-refractivity contribution in [3.8, 4) is 0 Å². The monoisotopic (exact) mass is 478 g/mol. The molecule has 0 spiro atoms. The number of carbonyl (C=O) groups excluding carboxylic acids is 1. The van der Waals surface area contributed by atoms with E-state index in [-0.39, 0.29) is 5.12 Å². The molecule has 0 amide bonds. The Morgan fingerprint density at radius 2 is 1.16 bits per heavy atom. The summed E-state index contributed by atoms with van der Waals surface area (Å²) in [6, 6.07) is 9.51. The first-order valence-corrected chi connectivity index (χ1v) is 14.7. The van der Waals surface area contributed by atoms with Crippen molar-refractivity contribution in [3.63, 3.8) is 0 Å². The third-order valence-electron chi connectivity index (χ3n) is 2.99. The van der Waals surface area contributed by atoms with Crippen LogP contribution in [0, 0.1) is 0 Å². The number of thioether (sulfide) groups is 8. The van der Waals surface area contributed by atoms with Crippen molar-refractivity contribution in [1.82, 2.24) is 0 Å². The lowest BCUT2D eigenvalue weighted by atomic mass is 10.2. The molecular weight excluding hydrogens is 465 g/mol. The van der Waals surface area contributed by atoms with Gasteiger partial charge in [-0.05, 0) is 30.5 Å². The minimum Gasteiger partial charge on any atom is -0.281 e. The van der Waals surface area contributed by atoms with Gasteiger partial charge in [0.1, 0.15) is 0 Å². The van der Waals surface area contributed by atoms with Crippen LogP contribution < -0.4 is 0 Å². The molecule has 0 bridgehead atoms. The molecule has 0 aliphatic carbocycles. The number of hydrogen-bond acceptors (Lipinski definition) is 9. The fourth-order valence-corrected chi connectivity index (χ4v) is 12.3. The van der Waals surface area contributed by atoms with E-state index in [1.54, 1.807) is 35.3 Å². The molecule has 0 saturated carbocycles. The second-order valence-electron chi connectivity index (χ2n) is 4.50. The van der Waals surface area contributed by atoms with Crippen LogP contribution in [0.25, 0.3) is 0 Å². The van der Waals surface area contributed by atoms with E-state index in [0.29, 0.717) is 0 Å². The summed E-state index contributed by atoms with van der Waals surface area (Å²) in [6.07, 6.45) is 6.35. The third-order valence-corrected chi connectivity index (χ3v) is 13.9. The number of benzene rings is 1. The van der Waals surface area contributed by atoms with Crippen LogP contribution in [0.2, 0.25) is 0 Å². The Kier molecular flexibility index (Phi) is 8.18. The SMILES string of the molecule is CSC1=C(SC)SC(=C2SC(SC)=C(SC(=O)c3ccccc3)S2)S1. The molecule has 1 aromatic rings. The summed E-state index contributed by atoms with van der Waals surface area (Å²) in [5.74, 6) is 0. The Morgan fingerprint density at radius 3 is 1.64 bits per heavy atom. The largest absolute Gasteiger partial charge is 0.281 e. The first-order valence-electron chi connectivity index (χ1n) is 6.99. The first kappa shape index (κ1) is 20.6. The van der Waals surface area contributed by atoms with E-state index in [1.165, 1.54) is 32.9 Å². The van der Waals surface area contributed by atoms with Crippen molar-refractivity contribution in [2.24, 2.45) is 0 Å². The molecule has 0 atom stereocenters. The average molecular weight is 479 g/mol. The van der Waals surface area contributed by atoms with Gasteiger partial charge in [-0.2, -0.15) is 0 Å². The van der Waals surface area contributed by atoms with Crippen LogP contribution in [0.3, 0.4) is 0 Å². The molecule has 1 aromatic carbocycles. The molecular formula is C16H14OS8. The average Bonchev–Trinajstić information content (AvgIpc) is 3.25. The van der Waals surface area contributed by atoms with Crippen LogP contribution >= 0.6 is 94.1 Å². The Hall–Kier alpha value is 0.910. The van der Waals surface area contributed by atoms with Gasteiger partial charge in [-0.25, -0.2) is 0 Å². The maximum atomic E-state index is 12.5. The van der Waals surface area contributed by atoms with Crippen molar-refractivity contribution in [3.05, 3.63) is 61.3 Å². The predicted molar refractivity (Wildman–Crippen MR) is 130 cm³/mol. The van der Waals surface area contributed by atoms with Gasteiger partial charge in [-0.15, -0.1) is 35.3 Å².